The van der Waals surface area contributed by atoms with Crippen LogP contribution in [0, 0.1) is 5.92 Å². The quantitative estimate of drug-likeness (QED) is 0.557. The molecule has 4 rings (SSSR count). The highest BCUT2D eigenvalue weighted by atomic mass is 16.6. The maximum Gasteiger partial charge on any atom is 0.142 e. The Labute approximate surface area is 174 Å². The fourth-order valence-electron chi connectivity index (χ4n) is 4.71. The molecule has 2 aromatic carbocycles. The van der Waals surface area contributed by atoms with E-state index in [9.17, 15) is 0 Å². The van der Waals surface area contributed by atoms with E-state index in [2.05, 4.69) is 30.3 Å². The van der Waals surface area contributed by atoms with E-state index >= 15 is 0 Å². The van der Waals surface area contributed by atoms with Gasteiger partial charge in [0.15, 0.2) is 0 Å². The third kappa shape index (κ3) is 4.81. The summed E-state index contributed by atoms with van der Waals surface area (Å²) in [5, 5.41) is 4.42. The molecule has 29 heavy (non-hydrogen) atoms. The van der Waals surface area contributed by atoms with E-state index in [0.29, 0.717) is 24.5 Å². The van der Waals surface area contributed by atoms with E-state index in [-0.39, 0.29) is 0 Å². The van der Waals surface area contributed by atoms with Crippen molar-refractivity contribution in [3.8, 4) is 5.75 Å². The number of benzene rings is 2. The van der Waals surface area contributed by atoms with Crippen molar-refractivity contribution in [3.63, 3.8) is 0 Å². The summed E-state index contributed by atoms with van der Waals surface area (Å²) in [6.45, 7) is 2.58. The first-order chi connectivity index (χ1) is 14.1. The number of hydrogen-bond donors (Lipinski definition) is 1. The van der Waals surface area contributed by atoms with Crippen LogP contribution in [0.15, 0.2) is 47.6 Å². The molecule has 2 aromatic rings. The lowest BCUT2D eigenvalue weighted by Crippen LogP contribution is -2.21. The van der Waals surface area contributed by atoms with E-state index in [4.69, 9.17) is 15.3 Å². The minimum absolute atomic E-state index is 0.386. The average molecular weight is 393 g/mol. The van der Waals surface area contributed by atoms with Crippen molar-refractivity contribution in [3.05, 3.63) is 64.7 Å². The highest BCUT2D eigenvalue weighted by Gasteiger charge is 2.26. The Bertz CT molecular complexity index is 860. The molecular formula is C25H32N2O2. The summed E-state index contributed by atoms with van der Waals surface area (Å²) in [5.74, 6) is 1.97. The normalized spacial score (nSPS) is 24.2. The first-order valence-electron chi connectivity index (χ1n) is 10.8. The number of oxime groups is 1. The topological polar surface area (TPSA) is 56.8 Å². The van der Waals surface area contributed by atoms with Crippen LogP contribution in [0.5, 0.6) is 5.75 Å². The van der Waals surface area contributed by atoms with Crippen LogP contribution in [0.2, 0.25) is 0 Å². The minimum atomic E-state index is 0.386. The Morgan fingerprint density at radius 1 is 1.07 bits per heavy atom. The zero-order valence-corrected chi connectivity index (χ0v) is 17.6. The molecule has 3 unspecified atom stereocenters. The Morgan fingerprint density at radius 3 is 2.62 bits per heavy atom. The van der Waals surface area contributed by atoms with Crippen LogP contribution < -0.4 is 10.5 Å². The monoisotopic (exact) mass is 392 g/mol. The Hall–Kier alpha value is -2.33. The fraction of sp³-hybridized carbons (Fsp3) is 0.480. The van der Waals surface area contributed by atoms with E-state index in [1.54, 1.807) is 7.11 Å². The van der Waals surface area contributed by atoms with Crippen molar-refractivity contribution in [2.45, 2.75) is 64.0 Å². The summed E-state index contributed by atoms with van der Waals surface area (Å²) >= 11 is 0. The lowest BCUT2D eigenvalue weighted by atomic mass is 9.80. The van der Waals surface area contributed by atoms with Crippen LogP contribution in [-0.4, -0.2) is 18.9 Å². The van der Waals surface area contributed by atoms with E-state index in [1.807, 2.05) is 24.3 Å². The Kier molecular flexibility index (Phi) is 6.19. The van der Waals surface area contributed by atoms with Gasteiger partial charge in [-0.25, -0.2) is 0 Å². The number of nitrogens with two attached hydrogens (primary N) is 1. The van der Waals surface area contributed by atoms with Gasteiger partial charge < -0.3 is 15.3 Å². The summed E-state index contributed by atoms with van der Waals surface area (Å²) < 4.78 is 5.19. The molecule has 154 valence electrons. The molecule has 1 fully saturated rings. The number of hydrogen-bond acceptors (Lipinski definition) is 4. The zero-order valence-electron chi connectivity index (χ0n) is 17.6. The predicted molar refractivity (Wildman–Crippen MR) is 117 cm³/mol. The van der Waals surface area contributed by atoms with Crippen molar-refractivity contribution < 1.29 is 9.57 Å². The third-order valence-corrected chi connectivity index (χ3v) is 6.59. The summed E-state index contributed by atoms with van der Waals surface area (Å²) in [7, 11) is 1.67. The van der Waals surface area contributed by atoms with Crippen molar-refractivity contribution in [2.75, 3.05) is 7.11 Å². The number of nitrogens with zero attached hydrogens (tertiary/aromatic N) is 1. The largest absolute Gasteiger partial charge is 0.497 e. The number of methoxy groups -OCH3 is 1. The molecule has 0 spiro atoms. The van der Waals surface area contributed by atoms with Crippen molar-refractivity contribution in [2.24, 2.45) is 16.8 Å². The molecule has 0 heterocycles. The van der Waals surface area contributed by atoms with Gasteiger partial charge in [0.1, 0.15) is 12.4 Å². The van der Waals surface area contributed by atoms with Gasteiger partial charge in [-0.1, -0.05) is 35.5 Å². The van der Waals surface area contributed by atoms with Gasteiger partial charge >= 0.3 is 0 Å². The predicted octanol–water partition coefficient (Wildman–Crippen LogP) is 4.99. The Morgan fingerprint density at radius 2 is 1.90 bits per heavy atom. The second-order valence-corrected chi connectivity index (χ2v) is 8.59. The molecular weight excluding hydrogens is 360 g/mol. The van der Waals surface area contributed by atoms with E-state index < -0.39 is 0 Å². The molecule has 4 nitrogen and oxygen atoms in total. The first kappa shape index (κ1) is 20.0. The number of fused-ring (bicyclic) bond motifs is 1. The second-order valence-electron chi connectivity index (χ2n) is 8.59. The molecule has 2 aliphatic carbocycles. The lowest BCUT2D eigenvalue weighted by Gasteiger charge is -2.25. The van der Waals surface area contributed by atoms with Crippen LogP contribution in [-0.2, 0) is 24.3 Å². The molecule has 0 saturated heterocycles. The average Bonchev–Trinajstić information content (AvgIpc) is 3.19. The summed E-state index contributed by atoms with van der Waals surface area (Å²) in [4.78, 5) is 5.63. The van der Waals surface area contributed by atoms with Crippen LogP contribution in [0.1, 0.15) is 60.8 Å². The van der Waals surface area contributed by atoms with Crippen LogP contribution in [0.4, 0.5) is 0 Å². The molecule has 0 amide bonds. The van der Waals surface area contributed by atoms with Gasteiger partial charge in [-0.05, 0) is 85.8 Å². The number of rotatable bonds is 6. The molecule has 0 bridgehead atoms. The summed E-state index contributed by atoms with van der Waals surface area (Å²) in [6.07, 6.45) is 6.86. The molecule has 3 atom stereocenters. The summed E-state index contributed by atoms with van der Waals surface area (Å²) in [6, 6.07) is 15.4. The van der Waals surface area contributed by atoms with Gasteiger partial charge in [0, 0.05) is 12.0 Å². The molecule has 4 heteroatoms. The van der Waals surface area contributed by atoms with Gasteiger partial charge in [-0.3, -0.25) is 0 Å². The van der Waals surface area contributed by atoms with E-state index in [0.717, 1.165) is 49.1 Å². The first-order valence-corrected chi connectivity index (χ1v) is 10.8. The van der Waals surface area contributed by atoms with Gasteiger partial charge in [-0.2, -0.15) is 0 Å². The van der Waals surface area contributed by atoms with Crippen LogP contribution >= 0.6 is 0 Å². The third-order valence-electron chi connectivity index (χ3n) is 6.59. The minimum Gasteiger partial charge on any atom is -0.497 e. The van der Waals surface area contributed by atoms with Gasteiger partial charge in [0.25, 0.3) is 0 Å². The van der Waals surface area contributed by atoms with Crippen LogP contribution in [0.3, 0.4) is 0 Å². The van der Waals surface area contributed by atoms with Crippen molar-refractivity contribution in [1.29, 1.82) is 0 Å². The van der Waals surface area contributed by atoms with E-state index in [1.165, 1.54) is 23.1 Å². The molecule has 1 saturated carbocycles. The van der Waals surface area contributed by atoms with Gasteiger partial charge in [-0.15, -0.1) is 0 Å². The standard InChI is InChI=1S/C25H32N2O2/c1-17(27-29-16-18-3-11-25(28-2)12-4-18)19-5-6-21-14-22(8-7-20(21)13-19)23-9-10-24(26)15-23/h3-4,7-8,11-12,14,19,23-24H,5-6,9-10,13,15-16,26H2,1-2H3/b27-17+. The molecule has 2 N–H and O–H groups in total. The fourth-order valence-corrected chi connectivity index (χ4v) is 4.71. The lowest BCUT2D eigenvalue weighted by molar-refractivity contribution is 0.128. The maximum absolute atomic E-state index is 6.11. The SMILES string of the molecule is COc1ccc(CO/N=C(\C)C2CCc3cc(C4CCC(N)C4)ccc3C2)cc1. The van der Waals surface area contributed by atoms with Gasteiger partial charge in [0.05, 0.1) is 12.8 Å². The maximum atomic E-state index is 6.11. The molecule has 2 aliphatic rings. The van der Waals surface area contributed by atoms with Crippen LogP contribution in [0.25, 0.3) is 0 Å². The summed E-state index contributed by atoms with van der Waals surface area (Å²) in [5.41, 5.74) is 12.8. The highest BCUT2D eigenvalue weighted by molar-refractivity contribution is 5.84. The molecule has 0 aliphatic heterocycles. The smallest absolute Gasteiger partial charge is 0.142 e. The number of aryl methyl sites for hydroxylation is 1. The van der Waals surface area contributed by atoms with Crippen molar-refractivity contribution >= 4 is 5.71 Å². The highest BCUT2D eigenvalue weighted by Crippen LogP contribution is 2.36. The molecule has 0 aromatic heterocycles. The van der Waals surface area contributed by atoms with Gasteiger partial charge in [0.2, 0.25) is 0 Å². The Balaban J connectivity index is 1.34. The molecule has 0 radical (unpaired) electrons. The van der Waals surface area contributed by atoms with Crippen molar-refractivity contribution in [1.82, 2.24) is 0 Å². The number of ether oxygens (including phenoxy) is 1. The zero-order chi connectivity index (χ0) is 20.2. The second kappa shape index (κ2) is 9.00.